The number of nitrogens with one attached hydrogen (secondary N) is 1. The molecule has 0 radical (unpaired) electrons. The summed E-state index contributed by atoms with van der Waals surface area (Å²) in [5, 5.41) is 3.47. The highest BCUT2D eigenvalue weighted by Gasteiger charge is 2.18. The molecule has 0 bridgehead atoms. The van der Waals surface area contributed by atoms with E-state index >= 15 is 0 Å². The zero-order valence-corrected chi connectivity index (χ0v) is 11.1. The molecule has 0 fully saturated rings. The van der Waals surface area contributed by atoms with E-state index in [9.17, 15) is 4.39 Å². The van der Waals surface area contributed by atoms with Crippen LogP contribution < -0.4 is 5.32 Å². The third-order valence-electron chi connectivity index (χ3n) is 3.93. The van der Waals surface area contributed by atoms with Crippen molar-refractivity contribution in [3.8, 4) is 0 Å². The van der Waals surface area contributed by atoms with Crippen LogP contribution in [-0.4, -0.2) is 6.54 Å². The molecule has 2 heteroatoms. The maximum atomic E-state index is 13.3. The first-order valence-electron chi connectivity index (χ1n) is 6.79. The lowest BCUT2D eigenvalue weighted by Crippen LogP contribution is -2.25. The fourth-order valence-electron chi connectivity index (χ4n) is 2.82. The van der Waals surface area contributed by atoms with Crippen LogP contribution in [0, 0.1) is 18.7 Å². The summed E-state index contributed by atoms with van der Waals surface area (Å²) in [7, 11) is 0. The van der Waals surface area contributed by atoms with E-state index in [0.29, 0.717) is 5.92 Å². The van der Waals surface area contributed by atoms with Gasteiger partial charge < -0.3 is 5.32 Å². The molecular weight excluding hydrogens is 237 g/mol. The third kappa shape index (κ3) is 2.62. The van der Waals surface area contributed by atoms with E-state index in [0.717, 1.165) is 24.9 Å². The predicted molar refractivity (Wildman–Crippen MR) is 77.0 cm³/mol. The minimum Gasteiger partial charge on any atom is -0.385 e. The molecule has 98 valence electrons. The van der Waals surface area contributed by atoms with E-state index in [1.165, 1.54) is 22.9 Å². The van der Waals surface area contributed by atoms with Gasteiger partial charge in [-0.25, -0.2) is 4.39 Å². The zero-order chi connectivity index (χ0) is 13.2. The molecule has 0 saturated heterocycles. The number of halogens is 1. The number of anilines is 1. The van der Waals surface area contributed by atoms with Crippen molar-refractivity contribution < 1.29 is 4.39 Å². The Labute approximate surface area is 113 Å². The molecular formula is C17H18FN. The van der Waals surface area contributed by atoms with Gasteiger partial charge in [0.15, 0.2) is 0 Å². The number of para-hydroxylation sites is 1. The minimum atomic E-state index is -0.134. The van der Waals surface area contributed by atoms with Crippen molar-refractivity contribution in [3.63, 3.8) is 0 Å². The lowest BCUT2D eigenvalue weighted by Gasteiger charge is -2.26. The van der Waals surface area contributed by atoms with Gasteiger partial charge in [-0.15, -0.1) is 0 Å². The molecule has 0 aliphatic carbocycles. The highest BCUT2D eigenvalue weighted by molar-refractivity contribution is 5.53. The monoisotopic (exact) mass is 255 g/mol. The van der Waals surface area contributed by atoms with Gasteiger partial charge in [0, 0.05) is 12.2 Å². The van der Waals surface area contributed by atoms with Crippen molar-refractivity contribution in [2.75, 3.05) is 11.9 Å². The summed E-state index contributed by atoms with van der Waals surface area (Å²) >= 11 is 0. The molecule has 1 unspecified atom stereocenters. The summed E-state index contributed by atoms with van der Waals surface area (Å²) in [5.41, 5.74) is 4.92. The van der Waals surface area contributed by atoms with Crippen molar-refractivity contribution in [2.45, 2.75) is 19.8 Å². The normalized spacial score (nSPS) is 17.7. The van der Waals surface area contributed by atoms with Crippen molar-refractivity contribution >= 4 is 5.69 Å². The second-order valence-corrected chi connectivity index (χ2v) is 5.38. The largest absolute Gasteiger partial charge is 0.385 e. The van der Waals surface area contributed by atoms with E-state index in [1.54, 1.807) is 6.07 Å². The van der Waals surface area contributed by atoms with E-state index in [2.05, 4.69) is 36.5 Å². The highest BCUT2D eigenvalue weighted by atomic mass is 19.1. The average Bonchev–Trinajstić information content (AvgIpc) is 2.43. The van der Waals surface area contributed by atoms with Crippen molar-refractivity contribution in [3.05, 3.63) is 65.0 Å². The van der Waals surface area contributed by atoms with Gasteiger partial charge >= 0.3 is 0 Å². The Kier molecular flexibility index (Phi) is 3.24. The molecule has 2 aromatic carbocycles. The number of rotatable bonds is 2. The highest BCUT2D eigenvalue weighted by Crippen LogP contribution is 2.27. The number of hydrogen-bond acceptors (Lipinski definition) is 1. The maximum absolute atomic E-state index is 13.3. The summed E-state index contributed by atoms with van der Waals surface area (Å²) in [5.74, 6) is 0.403. The summed E-state index contributed by atoms with van der Waals surface area (Å²) in [6, 6.07) is 13.5. The molecule has 1 atom stereocenters. The summed E-state index contributed by atoms with van der Waals surface area (Å²) in [6.45, 7) is 3.02. The standard InChI is InChI=1S/C17H18FN/c1-12-6-7-16(18)10-15(12)9-13-8-14-4-2-3-5-17(14)19-11-13/h2-7,10,13,19H,8-9,11H2,1H3. The summed E-state index contributed by atoms with van der Waals surface area (Å²) in [6.07, 6.45) is 2.00. The van der Waals surface area contributed by atoms with Gasteiger partial charge in [-0.1, -0.05) is 24.3 Å². The van der Waals surface area contributed by atoms with E-state index in [-0.39, 0.29) is 5.82 Å². The van der Waals surface area contributed by atoms with Gasteiger partial charge in [0.2, 0.25) is 0 Å². The molecule has 3 rings (SSSR count). The van der Waals surface area contributed by atoms with Crippen molar-refractivity contribution in [2.24, 2.45) is 5.92 Å². The second-order valence-electron chi connectivity index (χ2n) is 5.38. The Morgan fingerprint density at radius 2 is 2.05 bits per heavy atom. The van der Waals surface area contributed by atoms with E-state index < -0.39 is 0 Å². The van der Waals surface area contributed by atoms with Gasteiger partial charge in [-0.2, -0.15) is 0 Å². The van der Waals surface area contributed by atoms with Gasteiger partial charge in [-0.3, -0.25) is 0 Å². The van der Waals surface area contributed by atoms with Crippen LogP contribution in [0.5, 0.6) is 0 Å². The zero-order valence-electron chi connectivity index (χ0n) is 11.1. The second kappa shape index (κ2) is 5.04. The molecule has 0 spiro atoms. The maximum Gasteiger partial charge on any atom is 0.123 e. The number of hydrogen-bond donors (Lipinski definition) is 1. The van der Waals surface area contributed by atoms with Gasteiger partial charge in [-0.05, 0) is 60.6 Å². The van der Waals surface area contributed by atoms with Crippen LogP contribution >= 0.6 is 0 Å². The van der Waals surface area contributed by atoms with Crippen LogP contribution in [0.1, 0.15) is 16.7 Å². The van der Waals surface area contributed by atoms with Crippen LogP contribution in [0.2, 0.25) is 0 Å². The Morgan fingerprint density at radius 3 is 2.95 bits per heavy atom. The van der Waals surface area contributed by atoms with Crippen LogP contribution in [0.4, 0.5) is 10.1 Å². The minimum absolute atomic E-state index is 0.134. The van der Waals surface area contributed by atoms with Gasteiger partial charge in [0.25, 0.3) is 0 Å². The number of benzene rings is 2. The molecule has 1 aliphatic heterocycles. The Hall–Kier alpha value is -1.83. The predicted octanol–water partition coefficient (Wildman–Crippen LogP) is 3.96. The Balaban J connectivity index is 1.77. The van der Waals surface area contributed by atoms with E-state index in [4.69, 9.17) is 0 Å². The quantitative estimate of drug-likeness (QED) is 0.856. The first-order chi connectivity index (χ1) is 9.22. The summed E-state index contributed by atoms with van der Waals surface area (Å²) < 4.78 is 13.3. The third-order valence-corrected chi connectivity index (χ3v) is 3.93. The average molecular weight is 255 g/mol. The first-order valence-corrected chi connectivity index (χ1v) is 6.79. The molecule has 2 aromatic rings. The fraction of sp³-hybridized carbons (Fsp3) is 0.294. The molecule has 1 heterocycles. The molecule has 1 aliphatic rings. The Morgan fingerprint density at radius 1 is 1.21 bits per heavy atom. The van der Waals surface area contributed by atoms with Crippen molar-refractivity contribution in [1.29, 1.82) is 0 Å². The Bertz CT molecular complexity index is 592. The fourth-order valence-corrected chi connectivity index (χ4v) is 2.82. The SMILES string of the molecule is Cc1ccc(F)cc1CC1CNc2ccccc2C1. The van der Waals surface area contributed by atoms with E-state index in [1.807, 2.05) is 6.07 Å². The topological polar surface area (TPSA) is 12.0 Å². The van der Waals surface area contributed by atoms with Crippen LogP contribution in [0.15, 0.2) is 42.5 Å². The van der Waals surface area contributed by atoms with Crippen molar-refractivity contribution in [1.82, 2.24) is 0 Å². The van der Waals surface area contributed by atoms with Gasteiger partial charge in [0.1, 0.15) is 5.82 Å². The van der Waals surface area contributed by atoms with Crippen LogP contribution in [0.3, 0.4) is 0 Å². The molecule has 0 aromatic heterocycles. The molecule has 1 nitrogen and oxygen atoms in total. The van der Waals surface area contributed by atoms with Gasteiger partial charge in [0.05, 0.1) is 0 Å². The summed E-state index contributed by atoms with van der Waals surface area (Å²) in [4.78, 5) is 0. The molecule has 1 N–H and O–H groups in total. The van der Waals surface area contributed by atoms with Crippen LogP contribution in [0.25, 0.3) is 0 Å². The molecule has 0 amide bonds. The lowest BCUT2D eigenvalue weighted by atomic mass is 9.88. The smallest absolute Gasteiger partial charge is 0.123 e. The number of fused-ring (bicyclic) bond motifs is 1. The molecule has 0 saturated carbocycles. The van der Waals surface area contributed by atoms with Crippen LogP contribution in [-0.2, 0) is 12.8 Å². The molecule has 19 heavy (non-hydrogen) atoms. The number of aryl methyl sites for hydroxylation is 1. The first kappa shape index (κ1) is 12.2. The lowest BCUT2D eigenvalue weighted by molar-refractivity contribution is 0.531.